The third kappa shape index (κ3) is 3.49. The first-order valence-corrected chi connectivity index (χ1v) is 11.6. The van der Waals surface area contributed by atoms with E-state index in [1.54, 1.807) is 36.8 Å². The van der Waals surface area contributed by atoms with Crippen LogP contribution in [0.4, 0.5) is 0 Å². The van der Waals surface area contributed by atoms with Crippen molar-refractivity contribution in [2.75, 3.05) is 11.9 Å². The maximum atomic E-state index is 12.4. The van der Waals surface area contributed by atoms with Crippen LogP contribution in [0.2, 0.25) is 0 Å². The van der Waals surface area contributed by atoms with Crippen LogP contribution >= 0.6 is 15.9 Å². The van der Waals surface area contributed by atoms with E-state index in [2.05, 4.69) is 55.6 Å². The molecule has 3 heterocycles. The fraction of sp³-hybridized carbons (Fsp3) is 0.250. The maximum Gasteiger partial charge on any atom is 0.285 e. The summed E-state index contributed by atoms with van der Waals surface area (Å²) < 4.78 is 2.07. The molecule has 0 saturated heterocycles. The van der Waals surface area contributed by atoms with Crippen molar-refractivity contribution in [2.45, 2.75) is 25.8 Å². The first kappa shape index (κ1) is 20.8. The highest BCUT2D eigenvalue weighted by Crippen LogP contribution is 2.27. The van der Waals surface area contributed by atoms with Crippen molar-refractivity contribution >= 4 is 49.7 Å². The Morgan fingerprint density at radius 1 is 1.03 bits per heavy atom. The molecule has 1 aliphatic heterocycles. The van der Waals surface area contributed by atoms with Gasteiger partial charge in [0.15, 0.2) is 0 Å². The highest BCUT2D eigenvalue weighted by molar-refractivity contribution is 9.09. The molecular formula is C24H21BrN4O3. The van der Waals surface area contributed by atoms with Crippen molar-refractivity contribution in [3.8, 4) is 0 Å². The molecule has 0 saturated carbocycles. The summed E-state index contributed by atoms with van der Waals surface area (Å²) >= 11 is 3.54. The third-order valence-corrected chi connectivity index (χ3v) is 6.76. The Kier molecular flexibility index (Phi) is 5.48. The Balaban J connectivity index is 1.30. The first-order valence-electron chi connectivity index (χ1n) is 10.5. The molecule has 0 spiro atoms. The number of aryl methyl sites for hydroxylation is 1. The number of alkyl halides is 1. The summed E-state index contributed by atoms with van der Waals surface area (Å²) in [5.41, 5.74) is 4.79. The number of rotatable bonds is 7. The number of hydrogen-bond donors (Lipinski definition) is 0. The van der Waals surface area contributed by atoms with E-state index in [9.17, 15) is 9.59 Å². The Labute approximate surface area is 193 Å². The highest BCUT2D eigenvalue weighted by atomic mass is 79.9. The van der Waals surface area contributed by atoms with Gasteiger partial charge < -0.3 is 4.57 Å². The summed E-state index contributed by atoms with van der Waals surface area (Å²) in [5, 5.41) is 2.81. The average molecular weight is 493 g/mol. The number of fused-ring (bicyclic) bond motifs is 4. The highest BCUT2D eigenvalue weighted by Gasteiger charge is 2.36. The van der Waals surface area contributed by atoms with Gasteiger partial charge in [0.05, 0.1) is 41.3 Å². The van der Waals surface area contributed by atoms with Crippen molar-refractivity contribution in [3.63, 3.8) is 0 Å². The number of carbonyl (C=O) groups is 2. The lowest BCUT2D eigenvalue weighted by Gasteiger charge is -2.14. The first-order chi connectivity index (χ1) is 15.6. The minimum Gasteiger partial charge on any atom is -0.330 e. The second kappa shape index (κ2) is 8.44. The van der Waals surface area contributed by atoms with Crippen LogP contribution in [0.5, 0.6) is 0 Å². The van der Waals surface area contributed by atoms with E-state index in [1.165, 1.54) is 5.56 Å². The van der Waals surface area contributed by atoms with Crippen molar-refractivity contribution in [2.24, 2.45) is 0 Å². The smallest absolute Gasteiger partial charge is 0.285 e. The fourth-order valence-electron chi connectivity index (χ4n) is 4.01. The topological polar surface area (TPSA) is 77.3 Å². The molecule has 8 heteroatoms. The molecular weight excluding hydrogens is 472 g/mol. The summed E-state index contributed by atoms with van der Waals surface area (Å²) in [6.45, 7) is 3.05. The van der Waals surface area contributed by atoms with E-state index in [4.69, 9.17) is 4.84 Å². The van der Waals surface area contributed by atoms with Crippen LogP contribution in [0.1, 0.15) is 45.5 Å². The molecule has 5 rings (SSSR count). The van der Waals surface area contributed by atoms with Crippen LogP contribution in [0, 0.1) is 0 Å². The molecule has 0 aliphatic carbocycles. The van der Waals surface area contributed by atoms with Gasteiger partial charge in [-0.25, -0.2) is 4.98 Å². The van der Waals surface area contributed by atoms with Gasteiger partial charge in [0.25, 0.3) is 11.8 Å². The third-order valence-electron chi connectivity index (χ3n) is 5.79. The normalized spacial score (nSPS) is 14.5. The van der Waals surface area contributed by atoms with Gasteiger partial charge in [-0.05, 0) is 36.1 Å². The average Bonchev–Trinajstić information content (AvgIpc) is 3.35. The van der Waals surface area contributed by atoms with Gasteiger partial charge in [-0.1, -0.05) is 47.1 Å². The quantitative estimate of drug-likeness (QED) is 0.212. The van der Waals surface area contributed by atoms with E-state index in [1.807, 2.05) is 0 Å². The number of benzene rings is 2. The van der Waals surface area contributed by atoms with E-state index in [0.717, 1.165) is 32.3 Å². The summed E-state index contributed by atoms with van der Waals surface area (Å²) in [6, 6.07) is 13.1. The van der Waals surface area contributed by atoms with Gasteiger partial charge in [0.1, 0.15) is 5.52 Å². The van der Waals surface area contributed by atoms with Crippen molar-refractivity contribution < 1.29 is 14.4 Å². The van der Waals surface area contributed by atoms with Crippen molar-refractivity contribution in [1.82, 2.24) is 19.6 Å². The Morgan fingerprint density at radius 3 is 2.50 bits per heavy atom. The second-order valence-corrected chi connectivity index (χ2v) is 8.55. The molecule has 4 aromatic rings. The number of amides is 2. The van der Waals surface area contributed by atoms with Crippen LogP contribution < -0.4 is 0 Å². The molecule has 1 unspecified atom stereocenters. The SMILES string of the molecule is CC(CBr)c1ccc2c(c1)ncc1ncn(CCCON3C(=O)c4ccccc4C3=O)c12. The zero-order valence-corrected chi connectivity index (χ0v) is 19.1. The molecule has 0 bridgehead atoms. The maximum absolute atomic E-state index is 12.4. The Morgan fingerprint density at radius 2 is 1.78 bits per heavy atom. The monoisotopic (exact) mass is 492 g/mol. The Hall–Kier alpha value is -3.10. The van der Waals surface area contributed by atoms with E-state index in [-0.39, 0.29) is 6.61 Å². The largest absolute Gasteiger partial charge is 0.330 e. The summed E-state index contributed by atoms with van der Waals surface area (Å²) in [7, 11) is 0. The van der Waals surface area contributed by atoms with E-state index in [0.29, 0.717) is 30.0 Å². The van der Waals surface area contributed by atoms with Crippen LogP contribution in [0.3, 0.4) is 0 Å². The molecule has 162 valence electrons. The minimum absolute atomic E-state index is 0.237. The number of hydroxylamine groups is 2. The molecule has 2 amide bonds. The predicted octanol–water partition coefficient (Wildman–Crippen LogP) is 4.70. The van der Waals surface area contributed by atoms with Gasteiger partial charge in [0, 0.05) is 17.3 Å². The summed E-state index contributed by atoms with van der Waals surface area (Å²) in [6.07, 6.45) is 4.20. The molecule has 0 N–H and O–H groups in total. The van der Waals surface area contributed by atoms with E-state index < -0.39 is 11.8 Å². The molecule has 1 atom stereocenters. The number of aromatic nitrogens is 3. The Bertz CT molecular complexity index is 1310. The lowest BCUT2D eigenvalue weighted by molar-refractivity contribution is -0.0925. The number of pyridine rings is 1. The molecule has 7 nitrogen and oxygen atoms in total. The fourth-order valence-corrected chi connectivity index (χ4v) is 4.39. The zero-order valence-electron chi connectivity index (χ0n) is 17.5. The summed E-state index contributed by atoms with van der Waals surface area (Å²) in [4.78, 5) is 39.4. The van der Waals surface area contributed by atoms with E-state index >= 15 is 0 Å². The van der Waals surface area contributed by atoms with Crippen LogP contribution in [0.25, 0.3) is 21.9 Å². The molecule has 2 aromatic heterocycles. The number of imidazole rings is 1. The molecule has 32 heavy (non-hydrogen) atoms. The minimum atomic E-state index is -0.413. The van der Waals surface area contributed by atoms with Gasteiger partial charge in [0.2, 0.25) is 0 Å². The number of imide groups is 1. The molecule has 2 aromatic carbocycles. The van der Waals surface area contributed by atoms with Gasteiger partial charge >= 0.3 is 0 Å². The second-order valence-electron chi connectivity index (χ2n) is 7.90. The van der Waals surface area contributed by atoms with Gasteiger partial charge in [-0.2, -0.15) is 0 Å². The number of halogens is 1. The van der Waals surface area contributed by atoms with Crippen LogP contribution in [0.15, 0.2) is 55.0 Å². The van der Waals surface area contributed by atoms with Crippen LogP contribution in [-0.4, -0.2) is 43.3 Å². The van der Waals surface area contributed by atoms with Crippen molar-refractivity contribution in [3.05, 3.63) is 71.7 Å². The molecule has 1 aliphatic rings. The zero-order chi connectivity index (χ0) is 22.2. The summed E-state index contributed by atoms with van der Waals surface area (Å²) in [5.74, 6) is -0.422. The van der Waals surface area contributed by atoms with Gasteiger partial charge in [-0.3, -0.25) is 19.4 Å². The lowest BCUT2D eigenvalue weighted by Crippen LogP contribution is -2.30. The lowest BCUT2D eigenvalue weighted by atomic mass is 10.0. The standard InChI is InChI=1S/C24H21BrN4O3/c1-15(12-25)16-7-8-19-20(11-16)26-13-21-22(19)28(14-27-21)9-4-10-32-29-23(30)17-5-2-3-6-18(17)24(29)31/h2-3,5-8,11,13-15H,4,9-10,12H2,1H3. The molecule has 0 radical (unpaired) electrons. The van der Waals surface area contributed by atoms with Crippen LogP contribution in [-0.2, 0) is 11.4 Å². The van der Waals surface area contributed by atoms with Gasteiger partial charge in [-0.15, -0.1) is 5.06 Å². The van der Waals surface area contributed by atoms with Crippen molar-refractivity contribution in [1.29, 1.82) is 0 Å². The number of nitrogens with zero attached hydrogens (tertiary/aromatic N) is 4. The number of hydrogen-bond acceptors (Lipinski definition) is 5. The predicted molar refractivity (Wildman–Crippen MR) is 125 cm³/mol. The molecule has 0 fully saturated rings. The number of carbonyl (C=O) groups excluding carboxylic acids is 2.